The number of rotatable bonds is 6. The van der Waals surface area contributed by atoms with E-state index in [-0.39, 0.29) is 27.9 Å². The summed E-state index contributed by atoms with van der Waals surface area (Å²) in [6, 6.07) is 15.1. The normalized spacial score (nSPS) is 15.5. The van der Waals surface area contributed by atoms with Crippen LogP contribution in [0.1, 0.15) is 51.6 Å². The summed E-state index contributed by atoms with van der Waals surface area (Å²) in [6.45, 7) is 4.28. The number of ether oxygens (including phenoxy) is 2. The van der Waals surface area contributed by atoms with Gasteiger partial charge in [0.2, 0.25) is 9.84 Å². The lowest BCUT2D eigenvalue weighted by molar-refractivity contribution is 0.112. The van der Waals surface area contributed by atoms with Gasteiger partial charge in [0.05, 0.1) is 5.56 Å². The molecule has 0 bridgehead atoms. The smallest absolute Gasteiger partial charge is 0.214 e. The average Bonchev–Trinajstić information content (AvgIpc) is 3.63. The fourth-order valence-corrected chi connectivity index (χ4v) is 6.17. The van der Waals surface area contributed by atoms with Gasteiger partial charge in [-0.25, -0.2) is 8.42 Å². The molecule has 2 aliphatic rings. The van der Waals surface area contributed by atoms with E-state index in [0.29, 0.717) is 23.5 Å². The minimum Gasteiger partial charge on any atom is -0.489 e. The Kier molecular flexibility index (Phi) is 5.22. The van der Waals surface area contributed by atoms with Crippen molar-refractivity contribution in [1.29, 1.82) is 0 Å². The molecule has 0 atom stereocenters. The minimum absolute atomic E-state index is 0.0186. The predicted molar refractivity (Wildman–Crippen MR) is 132 cm³/mol. The number of hydrogen-bond donors (Lipinski definition) is 0. The topological polar surface area (TPSA) is 95.7 Å². The van der Waals surface area contributed by atoms with Crippen molar-refractivity contribution in [3.05, 3.63) is 82.6 Å². The second-order valence-electron chi connectivity index (χ2n) is 9.24. The van der Waals surface area contributed by atoms with Crippen LogP contribution in [-0.2, 0) is 16.4 Å². The Labute approximate surface area is 208 Å². The lowest BCUT2D eigenvalue weighted by Crippen LogP contribution is -2.11. The molecule has 0 N–H and O–H groups in total. The lowest BCUT2D eigenvalue weighted by atomic mass is 9.96. The Morgan fingerprint density at radius 3 is 2.50 bits per heavy atom. The molecule has 0 saturated heterocycles. The SMILES string of the molecule is Cc1cccc(C)c1-c1noc(C2CC2)c1COc1ccc2c(c1)S(=O)(=O)c1ccc(C=O)cc1O2. The summed E-state index contributed by atoms with van der Waals surface area (Å²) in [5, 5.41) is 4.42. The highest BCUT2D eigenvalue weighted by Gasteiger charge is 2.34. The Bertz CT molecular complexity index is 1610. The third-order valence-corrected chi connectivity index (χ3v) is 8.50. The molecule has 6 rings (SSSR count). The van der Waals surface area contributed by atoms with Gasteiger partial charge in [0.1, 0.15) is 51.4 Å². The molecule has 2 heterocycles. The highest BCUT2D eigenvalue weighted by molar-refractivity contribution is 7.91. The first-order chi connectivity index (χ1) is 17.4. The van der Waals surface area contributed by atoms with Gasteiger partial charge in [0, 0.05) is 23.1 Å². The Balaban J connectivity index is 1.34. The quantitative estimate of drug-likeness (QED) is 0.257. The van der Waals surface area contributed by atoms with E-state index in [1.807, 2.05) is 32.0 Å². The zero-order valence-electron chi connectivity index (χ0n) is 19.8. The molecule has 182 valence electrons. The number of aromatic nitrogens is 1. The number of fused-ring (bicyclic) bond motifs is 2. The van der Waals surface area contributed by atoms with Crippen molar-refractivity contribution >= 4 is 16.1 Å². The van der Waals surface area contributed by atoms with Crippen LogP contribution in [0.5, 0.6) is 17.2 Å². The summed E-state index contributed by atoms with van der Waals surface area (Å²) in [5.74, 6) is 1.89. The van der Waals surface area contributed by atoms with Crippen molar-refractivity contribution in [2.24, 2.45) is 0 Å². The van der Waals surface area contributed by atoms with E-state index >= 15 is 0 Å². The third-order valence-electron chi connectivity index (χ3n) is 6.69. The standard InChI is InChI=1S/C28H23NO6S/c1-16-4-3-5-17(2)26(16)27-21(28(35-29-27)19-7-8-19)15-33-20-9-10-22-25(13-20)36(31,32)24-11-6-18(14-30)12-23(24)34-22/h3-6,9-14,19H,7-8,15H2,1-2H3. The molecular formula is C28H23NO6S. The number of nitrogens with zero attached hydrogens (tertiary/aromatic N) is 1. The Morgan fingerprint density at radius 1 is 1.00 bits per heavy atom. The highest BCUT2D eigenvalue weighted by Crippen LogP contribution is 2.46. The van der Waals surface area contributed by atoms with Crippen molar-refractivity contribution in [1.82, 2.24) is 5.16 Å². The number of aldehydes is 1. The van der Waals surface area contributed by atoms with Gasteiger partial charge < -0.3 is 14.0 Å². The van der Waals surface area contributed by atoms with Crippen molar-refractivity contribution in [2.75, 3.05) is 0 Å². The van der Waals surface area contributed by atoms with E-state index in [1.165, 1.54) is 24.3 Å². The molecular weight excluding hydrogens is 478 g/mol. The minimum atomic E-state index is -3.85. The summed E-state index contributed by atoms with van der Waals surface area (Å²) < 4.78 is 44.3. The Morgan fingerprint density at radius 2 is 1.78 bits per heavy atom. The van der Waals surface area contributed by atoms with Gasteiger partial charge >= 0.3 is 0 Å². The summed E-state index contributed by atoms with van der Waals surface area (Å²) in [4.78, 5) is 11.1. The molecule has 4 aromatic rings. The van der Waals surface area contributed by atoms with E-state index in [2.05, 4.69) is 5.16 Å². The first-order valence-corrected chi connectivity index (χ1v) is 13.2. The van der Waals surface area contributed by atoms with Crippen LogP contribution in [0.25, 0.3) is 11.3 Å². The molecule has 0 radical (unpaired) electrons. The molecule has 0 spiro atoms. The van der Waals surface area contributed by atoms with Crippen LogP contribution in [0.2, 0.25) is 0 Å². The van der Waals surface area contributed by atoms with Gasteiger partial charge in [0.15, 0.2) is 0 Å². The summed E-state index contributed by atoms with van der Waals surface area (Å²) in [6.07, 6.45) is 2.75. The molecule has 8 heteroatoms. The van der Waals surface area contributed by atoms with Crippen LogP contribution >= 0.6 is 0 Å². The van der Waals surface area contributed by atoms with Gasteiger partial charge in [-0.3, -0.25) is 4.79 Å². The van der Waals surface area contributed by atoms with Crippen LogP contribution < -0.4 is 9.47 Å². The van der Waals surface area contributed by atoms with Gasteiger partial charge in [-0.15, -0.1) is 0 Å². The molecule has 7 nitrogen and oxygen atoms in total. The summed E-state index contributed by atoms with van der Waals surface area (Å²) in [5.41, 5.74) is 5.21. The predicted octanol–water partition coefficient (Wildman–Crippen LogP) is 6.17. The molecule has 1 aliphatic carbocycles. The molecule has 1 aromatic heterocycles. The van der Waals surface area contributed by atoms with Crippen LogP contribution in [0.15, 0.2) is 68.9 Å². The number of aryl methyl sites for hydroxylation is 2. The number of carbonyl (C=O) groups is 1. The van der Waals surface area contributed by atoms with E-state index in [1.54, 1.807) is 12.1 Å². The lowest BCUT2D eigenvalue weighted by Gasteiger charge is -2.21. The number of hydrogen-bond acceptors (Lipinski definition) is 7. The first-order valence-electron chi connectivity index (χ1n) is 11.7. The molecule has 1 aliphatic heterocycles. The van der Waals surface area contributed by atoms with Crippen LogP contribution in [0, 0.1) is 13.8 Å². The Hall–Kier alpha value is -3.91. The largest absolute Gasteiger partial charge is 0.489 e. The third kappa shape index (κ3) is 3.69. The maximum absolute atomic E-state index is 13.3. The van der Waals surface area contributed by atoms with Crippen LogP contribution in [-0.4, -0.2) is 19.9 Å². The van der Waals surface area contributed by atoms with Crippen LogP contribution in [0.4, 0.5) is 0 Å². The van der Waals surface area contributed by atoms with Gasteiger partial charge in [0.25, 0.3) is 0 Å². The highest BCUT2D eigenvalue weighted by atomic mass is 32.2. The van der Waals surface area contributed by atoms with Gasteiger partial charge in [-0.1, -0.05) is 29.4 Å². The second kappa shape index (κ2) is 8.34. The first kappa shape index (κ1) is 22.5. The van der Waals surface area contributed by atoms with E-state index in [9.17, 15) is 13.2 Å². The van der Waals surface area contributed by atoms with Crippen molar-refractivity contribution in [2.45, 2.75) is 49.0 Å². The zero-order valence-corrected chi connectivity index (χ0v) is 20.6. The van der Waals surface area contributed by atoms with E-state index in [4.69, 9.17) is 14.0 Å². The molecule has 36 heavy (non-hydrogen) atoms. The van der Waals surface area contributed by atoms with Crippen molar-refractivity contribution in [3.63, 3.8) is 0 Å². The van der Waals surface area contributed by atoms with Crippen molar-refractivity contribution in [3.8, 4) is 28.5 Å². The number of carbonyl (C=O) groups excluding carboxylic acids is 1. The number of benzene rings is 3. The maximum atomic E-state index is 13.3. The number of sulfone groups is 1. The zero-order chi connectivity index (χ0) is 25.0. The monoisotopic (exact) mass is 501 g/mol. The van der Waals surface area contributed by atoms with Gasteiger partial charge in [-0.05, 0) is 62.1 Å². The fourth-order valence-electron chi connectivity index (χ4n) is 4.68. The average molecular weight is 502 g/mol. The van der Waals surface area contributed by atoms with Crippen molar-refractivity contribution < 1.29 is 27.2 Å². The van der Waals surface area contributed by atoms with E-state index in [0.717, 1.165) is 46.5 Å². The van der Waals surface area contributed by atoms with Gasteiger partial charge in [-0.2, -0.15) is 0 Å². The summed E-state index contributed by atoms with van der Waals surface area (Å²) in [7, 11) is -3.85. The van der Waals surface area contributed by atoms with E-state index < -0.39 is 9.84 Å². The molecule has 0 unspecified atom stereocenters. The molecule has 1 saturated carbocycles. The van der Waals surface area contributed by atoms with Crippen LogP contribution in [0.3, 0.4) is 0 Å². The summed E-state index contributed by atoms with van der Waals surface area (Å²) >= 11 is 0. The second-order valence-corrected chi connectivity index (χ2v) is 11.1. The molecule has 0 amide bonds. The fraction of sp³-hybridized carbons (Fsp3) is 0.214. The maximum Gasteiger partial charge on any atom is 0.214 e. The molecule has 3 aromatic carbocycles. The molecule has 1 fully saturated rings.